The predicted octanol–water partition coefficient (Wildman–Crippen LogP) is 3.35. The summed E-state index contributed by atoms with van der Waals surface area (Å²) in [6, 6.07) is 9.17. The summed E-state index contributed by atoms with van der Waals surface area (Å²) in [4.78, 5) is 3.30. The number of nitrogens with two attached hydrogens (primary N) is 1. The molecule has 0 aliphatic carbocycles. The van der Waals surface area contributed by atoms with E-state index in [1.807, 2.05) is 0 Å². The van der Waals surface area contributed by atoms with Crippen molar-refractivity contribution in [3.63, 3.8) is 0 Å². The third kappa shape index (κ3) is 2.55. The lowest BCUT2D eigenvalue weighted by Crippen LogP contribution is -2.07. The molecule has 0 radical (unpaired) electrons. The van der Waals surface area contributed by atoms with Crippen molar-refractivity contribution in [2.75, 3.05) is 5.73 Å². The van der Waals surface area contributed by atoms with E-state index in [0.717, 1.165) is 12.3 Å². The SMILES string of the molecule is Nc1ccc(-c2ccnc(C(F)(F)F)c2)cc1. The summed E-state index contributed by atoms with van der Waals surface area (Å²) in [5.74, 6) is 0. The van der Waals surface area contributed by atoms with Gasteiger partial charge in [0.15, 0.2) is 0 Å². The van der Waals surface area contributed by atoms with Crippen LogP contribution in [0.5, 0.6) is 0 Å². The molecule has 5 heteroatoms. The molecule has 2 rings (SSSR count). The lowest BCUT2D eigenvalue weighted by molar-refractivity contribution is -0.141. The van der Waals surface area contributed by atoms with Gasteiger partial charge in [0, 0.05) is 11.9 Å². The minimum Gasteiger partial charge on any atom is -0.399 e. The molecule has 0 saturated carbocycles. The van der Waals surface area contributed by atoms with Crippen LogP contribution in [0.4, 0.5) is 18.9 Å². The molecule has 88 valence electrons. The first-order valence-electron chi connectivity index (χ1n) is 4.86. The van der Waals surface area contributed by atoms with Gasteiger partial charge in [-0.2, -0.15) is 13.2 Å². The van der Waals surface area contributed by atoms with Crippen LogP contribution in [0.1, 0.15) is 5.69 Å². The number of hydrogen-bond acceptors (Lipinski definition) is 2. The van der Waals surface area contributed by atoms with Crippen LogP contribution >= 0.6 is 0 Å². The third-order valence-electron chi connectivity index (χ3n) is 2.29. The van der Waals surface area contributed by atoms with Gasteiger partial charge in [-0.15, -0.1) is 0 Å². The third-order valence-corrected chi connectivity index (χ3v) is 2.29. The summed E-state index contributed by atoms with van der Waals surface area (Å²) in [5, 5.41) is 0. The highest BCUT2D eigenvalue weighted by atomic mass is 19.4. The van der Waals surface area contributed by atoms with E-state index in [-0.39, 0.29) is 0 Å². The summed E-state index contributed by atoms with van der Waals surface area (Å²) in [5.41, 5.74) is 6.32. The highest BCUT2D eigenvalue weighted by Gasteiger charge is 2.32. The van der Waals surface area contributed by atoms with Crippen molar-refractivity contribution in [3.8, 4) is 11.1 Å². The highest BCUT2D eigenvalue weighted by Crippen LogP contribution is 2.30. The number of nitrogens with zero attached hydrogens (tertiary/aromatic N) is 1. The van der Waals surface area contributed by atoms with E-state index < -0.39 is 11.9 Å². The van der Waals surface area contributed by atoms with E-state index >= 15 is 0 Å². The van der Waals surface area contributed by atoms with E-state index in [4.69, 9.17) is 5.73 Å². The molecule has 1 aromatic heterocycles. The number of hydrogen-bond donors (Lipinski definition) is 1. The molecule has 0 amide bonds. The van der Waals surface area contributed by atoms with Crippen LogP contribution in [-0.2, 0) is 6.18 Å². The number of nitrogen functional groups attached to an aromatic ring is 1. The van der Waals surface area contributed by atoms with Crippen molar-refractivity contribution in [2.24, 2.45) is 0 Å². The topological polar surface area (TPSA) is 38.9 Å². The van der Waals surface area contributed by atoms with Crippen molar-refractivity contribution in [2.45, 2.75) is 6.18 Å². The molecule has 0 aliphatic heterocycles. The number of alkyl halides is 3. The molecular weight excluding hydrogens is 229 g/mol. The molecule has 2 N–H and O–H groups in total. The molecule has 1 heterocycles. The average Bonchev–Trinajstić information content (AvgIpc) is 2.29. The largest absolute Gasteiger partial charge is 0.433 e. The molecule has 2 aromatic rings. The minimum atomic E-state index is -4.43. The lowest BCUT2D eigenvalue weighted by atomic mass is 10.1. The van der Waals surface area contributed by atoms with Gasteiger partial charge in [0.1, 0.15) is 5.69 Å². The van der Waals surface area contributed by atoms with Crippen LogP contribution < -0.4 is 5.73 Å². The number of anilines is 1. The molecule has 0 unspecified atom stereocenters. The van der Waals surface area contributed by atoms with Crippen LogP contribution in [0.3, 0.4) is 0 Å². The molecule has 17 heavy (non-hydrogen) atoms. The van der Waals surface area contributed by atoms with Crippen LogP contribution in [0.2, 0.25) is 0 Å². The van der Waals surface area contributed by atoms with Gasteiger partial charge >= 0.3 is 6.18 Å². The molecule has 0 bridgehead atoms. The Morgan fingerprint density at radius 2 is 1.59 bits per heavy atom. The van der Waals surface area contributed by atoms with Gasteiger partial charge < -0.3 is 5.73 Å². The number of rotatable bonds is 1. The Bertz CT molecular complexity index is 518. The maximum atomic E-state index is 12.5. The van der Waals surface area contributed by atoms with Crippen LogP contribution in [-0.4, -0.2) is 4.98 Å². The minimum absolute atomic E-state index is 0.465. The van der Waals surface area contributed by atoms with Crippen LogP contribution in [0, 0.1) is 0 Å². The quantitative estimate of drug-likeness (QED) is 0.774. The maximum Gasteiger partial charge on any atom is 0.433 e. The molecule has 0 fully saturated rings. The molecule has 0 spiro atoms. The first-order valence-corrected chi connectivity index (χ1v) is 4.86. The Balaban J connectivity index is 2.43. The Hall–Kier alpha value is -2.04. The van der Waals surface area contributed by atoms with Crippen molar-refractivity contribution >= 4 is 5.69 Å². The number of benzene rings is 1. The second kappa shape index (κ2) is 4.08. The zero-order valence-corrected chi connectivity index (χ0v) is 8.70. The van der Waals surface area contributed by atoms with Crippen molar-refractivity contribution in [3.05, 3.63) is 48.3 Å². The average molecular weight is 238 g/mol. The van der Waals surface area contributed by atoms with Crippen molar-refractivity contribution < 1.29 is 13.2 Å². The van der Waals surface area contributed by atoms with E-state index in [2.05, 4.69) is 4.98 Å². The smallest absolute Gasteiger partial charge is 0.399 e. The number of halogens is 3. The fourth-order valence-electron chi connectivity index (χ4n) is 1.44. The standard InChI is InChI=1S/C12H9F3N2/c13-12(14,15)11-7-9(5-6-17-11)8-1-3-10(16)4-2-8/h1-7H,16H2. The van der Waals surface area contributed by atoms with Crippen molar-refractivity contribution in [1.29, 1.82) is 0 Å². The number of aromatic nitrogens is 1. The first-order chi connectivity index (χ1) is 7.97. The molecular formula is C12H9F3N2. The fraction of sp³-hybridized carbons (Fsp3) is 0.0833. The van der Waals surface area contributed by atoms with Crippen LogP contribution in [0.25, 0.3) is 11.1 Å². The Morgan fingerprint density at radius 3 is 2.18 bits per heavy atom. The maximum absolute atomic E-state index is 12.5. The predicted molar refractivity (Wildman–Crippen MR) is 59.1 cm³/mol. The van der Waals surface area contributed by atoms with E-state index in [1.54, 1.807) is 24.3 Å². The summed E-state index contributed by atoms with van der Waals surface area (Å²) < 4.78 is 37.4. The lowest BCUT2D eigenvalue weighted by Gasteiger charge is -2.07. The Labute approximate surface area is 95.9 Å². The Morgan fingerprint density at radius 1 is 0.941 bits per heavy atom. The summed E-state index contributed by atoms with van der Waals surface area (Å²) in [6.07, 6.45) is -3.28. The zero-order valence-electron chi connectivity index (χ0n) is 8.70. The first kappa shape index (κ1) is 11.4. The van der Waals surface area contributed by atoms with Gasteiger partial charge in [-0.1, -0.05) is 12.1 Å². The van der Waals surface area contributed by atoms with Gasteiger partial charge in [-0.05, 0) is 35.4 Å². The zero-order chi connectivity index (χ0) is 12.5. The van der Waals surface area contributed by atoms with E-state index in [0.29, 0.717) is 16.8 Å². The summed E-state index contributed by atoms with van der Waals surface area (Å²) in [6.45, 7) is 0. The summed E-state index contributed by atoms with van der Waals surface area (Å²) in [7, 11) is 0. The van der Waals surface area contributed by atoms with Crippen LogP contribution in [0.15, 0.2) is 42.6 Å². The normalized spacial score (nSPS) is 11.5. The number of pyridine rings is 1. The van der Waals surface area contributed by atoms with E-state index in [9.17, 15) is 13.2 Å². The second-order valence-corrected chi connectivity index (χ2v) is 3.55. The molecule has 0 saturated heterocycles. The van der Waals surface area contributed by atoms with Crippen molar-refractivity contribution in [1.82, 2.24) is 4.98 Å². The highest BCUT2D eigenvalue weighted by molar-refractivity contribution is 5.65. The van der Waals surface area contributed by atoms with Gasteiger partial charge in [-0.3, -0.25) is 4.98 Å². The van der Waals surface area contributed by atoms with Gasteiger partial charge in [0.2, 0.25) is 0 Å². The van der Waals surface area contributed by atoms with Gasteiger partial charge in [-0.25, -0.2) is 0 Å². The molecule has 0 atom stereocenters. The summed E-state index contributed by atoms with van der Waals surface area (Å²) >= 11 is 0. The molecule has 1 aromatic carbocycles. The molecule has 2 nitrogen and oxygen atoms in total. The monoisotopic (exact) mass is 238 g/mol. The van der Waals surface area contributed by atoms with Gasteiger partial charge in [0.25, 0.3) is 0 Å². The van der Waals surface area contributed by atoms with E-state index in [1.165, 1.54) is 6.07 Å². The van der Waals surface area contributed by atoms with Gasteiger partial charge in [0.05, 0.1) is 0 Å². The second-order valence-electron chi connectivity index (χ2n) is 3.55. The molecule has 0 aliphatic rings. The fourth-order valence-corrected chi connectivity index (χ4v) is 1.44. The Kier molecular flexibility index (Phi) is 2.75.